The second-order valence-corrected chi connectivity index (χ2v) is 17.9. The highest BCUT2D eigenvalue weighted by Gasteiger charge is 2.30. The van der Waals surface area contributed by atoms with Gasteiger partial charge in [-0.15, -0.1) is 0 Å². The van der Waals surface area contributed by atoms with Gasteiger partial charge in [0.05, 0.1) is 16.6 Å². The SMILES string of the molecule is O=P(c1ccccc1)(c1ccc2ccccc2c1)c1ccc2c(ccc3cc(-c4ccc5nc6c7ccccc7c7ccc8ccccc8c7n6c5c4)ccc32)c1. The molecule has 0 spiro atoms. The van der Waals surface area contributed by atoms with Gasteiger partial charge >= 0.3 is 0 Å². The molecular formula is C53H33N2OP. The van der Waals surface area contributed by atoms with Gasteiger partial charge in [-0.2, -0.15) is 0 Å². The molecule has 0 fully saturated rings. The second kappa shape index (κ2) is 12.2. The molecule has 0 bridgehead atoms. The Balaban J connectivity index is 1.01. The second-order valence-electron chi connectivity index (χ2n) is 15.1. The van der Waals surface area contributed by atoms with Gasteiger partial charge in [-0.05, 0) is 84.5 Å². The summed E-state index contributed by atoms with van der Waals surface area (Å²) in [5.74, 6) is 0. The Kier molecular flexibility index (Phi) is 6.90. The third kappa shape index (κ3) is 4.80. The van der Waals surface area contributed by atoms with Crippen molar-refractivity contribution in [2.24, 2.45) is 0 Å². The normalized spacial score (nSPS) is 13.1. The fourth-order valence-electron chi connectivity index (χ4n) is 9.18. The summed E-state index contributed by atoms with van der Waals surface area (Å²) in [5, 5.41) is 15.3. The highest BCUT2D eigenvalue weighted by Crippen LogP contribution is 2.44. The molecular weight excluding hydrogens is 712 g/mol. The summed E-state index contributed by atoms with van der Waals surface area (Å²) >= 11 is 0. The Morgan fingerprint density at radius 2 is 0.930 bits per heavy atom. The first kappa shape index (κ1) is 32.2. The molecule has 0 aliphatic carbocycles. The summed E-state index contributed by atoms with van der Waals surface area (Å²) in [5.41, 5.74) is 6.52. The Bertz CT molecular complexity index is 3680. The Labute approximate surface area is 328 Å². The molecule has 12 aromatic rings. The van der Waals surface area contributed by atoms with Crippen molar-refractivity contribution in [2.45, 2.75) is 0 Å². The molecule has 0 aliphatic heterocycles. The van der Waals surface area contributed by atoms with Gasteiger partial charge in [0.1, 0.15) is 5.65 Å². The van der Waals surface area contributed by atoms with Crippen molar-refractivity contribution in [3.05, 3.63) is 200 Å². The van der Waals surface area contributed by atoms with Gasteiger partial charge in [0.2, 0.25) is 0 Å². The molecule has 0 N–H and O–H groups in total. The van der Waals surface area contributed by atoms with Crippen LogP contribution in [0.1, 0.15) is 0 Å². The molecule has 0 saturated carbocycles. The number of benzene rings is 10. The highest BCUT2D eigenvalue weighted by atomic mass is 31.2. The largest absolute Gasteiger partial charge is 0.309 e. The number of fused-ring (bicyclic) bond motifs is 14. The van der Waals surface area contributed by atoms with Crippen LogP contribution in [-0.4, -0.2) is 9.38 Å². The molecule has 0 saturated heterocycles. The fourth-order valence-corrected chi connectivity index (χ4v) is 11.9. The van der Waals surface area contributed by atoms with Gasteiger partial charge in [-0.25, -0.2) is 4.98 Å². The molecule has 1 unspecified atom stereocenters. The Morgan fingerprint density at radius 1 is 0.368 bits per heavy atom. The van der Waals surface area contributed by atoms with Crippen LogP contribution in [0.4, 0.5) is 0 Å². The van der Waals surface area contributed by atoms with Gasteiger partial charge in [0.25, 0.3) is 0 Å². The average Bonchev–Trinajstić information content (AvgIpc) is 3.67. The lowest BCUT2D eigenvalue weighted by molar-refractivity contribution is 0.592. The molecule has 0 aliphatic rings. The monoisotopic (exact) mass is 744 g/mol. The number of pyridine rings is 1. The minimum atomic E-state index is -3.18. The van der Waals surface area contributed by atoms with E-state index < -0.39 is 7.14 Å². The van der Waals surface area contributed by atoms with Crippen LogP contribution < -0.4 is 15.9 Å². The van der Waals surface area contributed by atoms with E-state index in [0.29, 0.717) is 0 Å². The molecule has 2 heterocycles. The van der Waals surface area contributed by atoms with Crippen LogP contribution in [0.3, 0.4) is 0 Å². The third-order valence-corrected chi connectivity index (χ3v) is 15.0. The zero-order chi connectivity index (χ0) is 37.7. The molecule has 2 aromatic heterocycles. The number of rotatable bonds is 4. The Morgan fingerprint density at radius 3 is 1.75 bits per heavy atom. The van der Waals surface area contributed by atoms with Crippen LogP contribution in [0.2, 0.25) is 0 Å². The first-order valence-corrected chi connectivity index (χ1v) is 21.1. The van der Waals surface area contributed by atoms with Gasteiger partial charge in [0.15, 0.2) is 7.14 Å². The predicted octanol–water partition coefficient (Wildman–Crippen LogP) is 12.7. The van der Waals surface area contributed by atoms with E-state index in [-0.39, 0.29) is 0 Å². The predicted molar refractivity (Wildman–Crippen MR) is 243 cm³/mol. The maximum absolute atomic E-state index is 15.5. The zero-order valence-electron chi connectivity index (χ0n) is 30.8. The molecule has 4 heteroatoms. The topological polar surface area (TPSA) is 34.4 Å². The van der Waals surface area contributed by atoms with Gasteiger partial charge < -0.3 is 4.57 Å². The van der Waals surface area contributed by atoms with Crippen LogP contribution in [-0.2, 0) is 4.57 Å². The molecule has 0 amide bonds. The molecule has 0 radical (unpaired) electrons. The minimum Gasteiger partial charge on any atom is -0.309 e. The van der Waals surface area contributed by atoms with Crippen molar-refractivity contribution in [1.82, 2.24) is 9.38 Å². The first-order chi connectivity index (χ1) is 28.1. The third-order valence-electron chi connectivity index (χ3n) is 12.0. The maximum atomic E-state index is 15.5. The van der Waals surface area contributed by atoms with Gasteiger partial charge in [-0.3, -0.25) is 4.40 Å². The standard InChI is InChI=1S/C53H33N2OP/c56-57(41-13-2-1-3-14-41,42-24-20-34-10-4-5-12-36(34)31-42)43-25-28-45-40(32-43)19-18-39-30-37(22-26-44(39)45)38-23-29-50-51(33-38)55-52-46-15-7-6-11-35(46)21-27-48(52)47-16-8-9-17-49(47)53(55)54-50/h1-33H. The van der Waals surface area contributed by atoms with Crippen LogP contribution >= 0.6 is 7.14 Å². The summed E-state index contributed by atoms with van der Waals surface area (Å²) in [6.45, 7) is 0. The number of hydrogen-bond acceptors (Lipinski definition) is 2. The molecule has 3 nitrogen and oxygen atoms in total. The fraction of sp³-hybridized carbons (Fsp3) is 0. The minimum absolute atomic E-state index is 0.835. The van der Waals surface area contributed by atoms with E-state index in [0.717, 1.165) is 76.0 Å². The van der Waals surface area contributed by atoms with Crippen molar-refractivity contribution in [3.8, 4) is 11.1 Å². The smallest absolute Gasteiger partial charge is 0.171 e. The van der Waals surface area contributed by atoms with Crippen molar-refractivity contribution in [2.75, 3.05) is 0 Å². The summed E-state index contributed by atoms with van der Waals surface area (Å²) in [7, 11) is -3.18. The van der Waals surface area contributed by atoms with Crippen LogP contribution in [0.15, 0.2) is 200 Å². The van der Waals surface area contributed by atoms with E-state index in [2.05, 4.69) is 156 Å². The van der Waals surface area contributed by atoms with E-state index in [1.165, 1.54) is 32.4 Å². The lowest BCUT2D eigenvalue weighted by Gasteiger charge is -2.21. The molecule has 57 heavy (non-hydrogen) atoms. The van der Waals surface area contributed by atoms with Crippen LogP contribution in [0, 0.1) is 0 Å². The van der Waals surface area contributed by atoms with E-state index in [4.69, 9.17) is 4.98 Å². The molecule has 12 rings (SSSR count). The van der Waals surface area contributed by atoms with Crippen molar-refractivity contribution < 1.29 is 4.57 Å². The van der Waals surface area contributed by atoms with Crippen molar-refractivity contribution in [3.63, 3.8) is 0 Å². The summed E-state index contributed by atoms with van der Waals surface area (Å²) < 4.78 is 17.9. The van der Waals surface area contributed by atoms with Crippen molar-refractivity contribution >= 4 is 105 Å². The molecule has 266 valence electrons. The number of hydrogen-bond donors (Lipinski definition) is 0. The Hall–Kier alpha value is -7.06. The molecule has 1 atom stereocenters. The lowest BCUT2D eigenvalue weighted by Crippen LogP contribution is -2.25. The van der Waals surface area contributed by atoms with E-state index in [1.54, 1.807) is 0 Å². The summed E-state index contributed by atoms with van der Waals surface area (Å²) in [4.78, 5) is 5.24. The summed E-state index contributed by atoms with van der Waals surface area (Å²) in [6, 6.07) is 70.4. The van der Waals surface area contributed by atoms with Crippen LogP contribution in [0.25, 0.3) is 92.6 Å². The lowest BCUT2D eigenvalue weighted by atomic mass is 9.97. The number of aromatic nitrogens is 2. The summed E-state index contributed by atoms with van der Waals surface area (Å²) in [6.07, 6.45) is 0. The van der Waals surface area contributed by atoms with E-state index in [1.807, 2.05) is 48.5 Å². The van der Waals surface area contributed by atoms with Crippen molar-refractivity contribution in [1.29, 1.82) is 0 Å². The zero-order valence-corrected chi connectivity index (χ0v) is 31.7. The first-order valence-electron chi connectivity index (χ1n) is 19.4. The van der Waals surface area contributed by atoms with Gasteiger partial charge in [-0.1, -0.05) is 170 Å². The average molecular weight is 745 g/mol. The quantitative estimate of drug-likeness (QED) is 0.133. The number of nitrogens with zero attached hydrogens (tertiary/aromatic N) is 2. The highest BCUT2D eigenvalue weighted by molar-refractivity contribution is 7.85. The van der Waals surface area contributed by atoms with E-state index in [9.17, 15) is 0 Å². The van der Waals surface area contributed by atoms with Gasteiger partial charge in [0, 0.05) is 32.1 Å². The number of imidazole rings is 1. The maximum Gasteiger partial charge on any atom is 0.171 e. The van der Waals surface area contributed by atoms with E-state index >= 15 is 4.57 Å². The van der Waals surface area contributed by atoms with Crippen LogP contribution in [0.5, 0.6) is 0 Å². The molecule has 10 aromatic carbocycles.